The van der Waals surface area contributed by atoms with E-state index in [1.165, 1.54) is 6.20 Å². The zero-order chi connectivity index (χ0) is 15.1. The van der Waals surface area contributed by atoms with Crippen molar-refractivity contribution in [1.82, 2.24) is 4.98 Å². The molecule has 1 heterocycles. The summed E-state index contributed by atoms with van der Waals surface area (Å²) in [4.78, 5) is 16.0. The minimum Gasteiger partial charge on any atom is -0.494 e. The van der Waals surface area contributed by atoms with E-state index >= 15 is 0 Å². The second kappa shape index (κ2) is 7.40. The molecule has 0 aliphatic carbocycles. The van der Waals surface area contributed by atoms with E-state index in [4.69, 9.17) is 4.74 Å². The Morgan fingerprint density at radius 2 is 2.24 bits per heavy atom. The van der Waals surface area contributed by atoms with Gasteiger partial charge in [-0.15, -0.1) is 0 Å². The molecule has 0 saturated carbocycles. The maximum atomic E-state index is 12.1. The quantitative estimate of drug-likeness (QED) is 0.853. The number of amides is 1. The third-order valence-corrected chi connectivity index (χ3v) is 2.93. The Kier molecular flexibility index (Phi) is 5.29. The fraction of sp³-hybridized carbons (Fsp3) is 0.250. The molecule has 0 radical (unpaired) electrons. The van der Waals surface area contributed by atoms with Crippen molar-refractivity contribution < 1.29 is 14.6 Å². The van der Waals surface area contributed by atoms with Crippen LogP contribution >= 0.6 is 0 Å². The Labute approximate surface area is 123 Å². The van der Waals surface area contributed by atoms with E-state index in [0.29, 0.717) is 17.9 Å². The maximum absolute atomic E-state index is 12.1. The summed E-state index contributed by atoms with van der Waals surface area (Å²) in [6.45, 7) is 2.36. The van der Waals surface area contributed by atoms with Crippen molar-refractivity contribution in [3.63, 3.8) is 0 Å². The first-order valence-corrected chi connectivity index (χ1v) is 6.78. The summed E-state index contributed by atoms with van der Waals surface area (Å²) >= 11 is 0. The van der Waals surface area contributed by atoms with Crippen LogP contribution in [0.25, 0.3) is 0 Å². The number of pyridine rings is 1. The third kappa shape index (κ3) is 4.29. The Hall–Kier alpha value is -2.40. The van der Waals surface area contributed by atoms with Crippen molar-refractivity contribution in [3.8, 4) is 5.75 Å². The summed E-state index contributed by atoms with van der Waals surface area (Å²) < 4.78 is 5.41. The first-order valence-electron chi connectivity index (χ1n) is 6.78. The van der Waals surface area contributed by atoms with Crippen molar-refractivity contribution >= 4 is 11.6 Å². The van der Waals surface area contributed by atoms with Crippen LogP contribution in [0, 0.1) is 0 Å². The van der Waals surface area contributed by atoms with Crippen LogP contribution in [-0.2, 0) is 17.8 Å². The van der Waals surface area contributed by atoms with E-state index in [1.54, 1.807) is 12.3 Å². The first kappa shape index (κ1) is 15.0. The predicted molar refractivity (Wildman–Crippen MR) is 80.1 cm³/mol. The van der Waals surface area contributed by atoms with E-state index in [1.807, 2.05) is 31.2 Å². The topological polar surface area (TPSA) is 71.5 Å². The van der Waals surface area contributed by atoms with Crippen molar-refractivity contribution in [3.05, 3.63) is 53.9 Å². The Balaban J connectivity index is 2.03. The lowest BCUT2D eigenvalue weighted by Crippen LogP contribution is -2.15. The van der Waals surface area contributed by atoms with Crippen molar-refractivity contribution in [2.75, 3.05) is 11.9 Å². The van der Waals surface area contributed by atoms with Gasteiger partial charge in [0.15, 0.2) is 0 Å². The van der Waals surface area contributed by atoms with Crippen LogP contribution in [0.2, 0.25) is 0 Å². The standard InChI is InChI=1S/C16H18N2O3/c1-2-21-14-5-3-4-12(8-14)9-16(20)18-15-10-17-7-6-13(15)11-19/h3-8,10,19H,2,9,11H2,1H3,(H,18,20). The number of aliphatic hydroxyl groups excluding tert-OH is 1. The molecule has 0 saturated heterocycles. The highest BCUT2D eigenvalue weighted by atomic mass is 16.5. The van der Waals surface area contributed by atoms with Gasteiger partial charge in [-0.05, 0) is 30.7 Å². The molecule has 0 fully saturated rings. The number of carbonyl (C=O) groups excluding carboxylic acids is 1. The second-order valence-corrected chi connectivity index (χ2v) is 4.50. The molecular formula is C16H18N2O3. The summed E-state index contributed by atoms with van der Waals surface area (Å²) in [5, 5.41) is 12.0. The molecule has 110 valence electrons. The van der Waals surface area contributed by atoms with E-state index in [-0.39, 0.29) is 18.9 Å². The average Bonchev–Trinajstić information content (AvgIpc) is 2.48. The number of benzene rings is 1. The number of nitrogens with zero attached hydrogens (tertiary/aromatic N) is 1. The number of hydrogen-bond acceptors (Lipinski definition) is 4. The molecule has 5 heteroatoms. The molecule has 2 aromatic rings. The molecule has 1 aromatic heterocycles. The number of carbonyl (C=O) groups is 1. The fourth-order valence-electron chi connectivity index (χ4n) is 1.97. The molecule has 0 atom stereocenters. The van der Waals surface area contributed by atoms with Crippen LogP contribution in [0.15, 0.2) is 42.7 Å². The van der Waals surface area contributed by atoms with E-state index in [0.717, 1.165) is 11.3 Å². The molecule has 1 aromatic carbocycles. The third-order valence-electron chi connectivity index (χ3n) is 2.93. The maximum Gasteiger partial charge on any atom is 0.228 e. The Morgan fingerprint density at radius 3 is 3.00 bits per heavy atom. The molecule has 0 unspecified atom stereocenters. The normalized spacial score (nSPS) is 10.2. The largest absolute Gasteiger partial charge is 0.494 e. The number of aliphatic hydroxyl groups is 1. The van der Waals surface area contributed by atoms with Crippen LogP contribution < -0.4 is 10.1 Å². The molecule has 2 N–H and O–H groups in total. The van der Waals surface area contributed by atoms with Gasteiger partial charge in [0, 0.05) is 11.8 Å². The van der Waals surface area contributed by atoms with E-state index < -0.39 is 0 Å². The lowest BCUT2D eigenvalue weighted by molar-refractivity contribution is -0.115. The summed E-state index contributed by atoms with van der Waals surface area (Å²) in [6.07, 6.45) is 3.34. The average molecular weight is 286 g/mol. The zero-order valence-electron chi connectivity index (χ0n) is 11.9. The first-order chi connectivity index (χ1) is 10.2. The van der Waals surface area contributed by atoms with Gasteiger partial charge in [-0.2, -0.15) is 0 Å². The van der Waals surface area contributed by atoms with Gasteiger partial charge in [0.25, 0.3) is 0 Å². The van der Waals surface area contributed by atoms with Crippen LogP contribution in [0.1, 0.15) is 18.1 Å². The molecule has 2 rings (SSSR count). The summed E-state index contributed by atoms with van der Waals surface area (Å²) in [7, 11) is 0. The minimum atomic E-state index is -0.161. The van der Waals surface area contributed by atoms with E-state index in [9.17, 15) is 9.90 Å². The highest BCUT2D eigenvalue weighted by Crippen LogP contribution is 2.16. The van der Waals surface area contributed by atoms with E-state index in [2.05, 4.69) is 10.3 Å². The highest BCUT2D eigenvalue weighted by Gasteiger charge is 2.08. The van der Waals surface area contributed by atoms with Crippen LogP contribution in [-0.4, -0.2) is 22.6 Å². The van der Waals surface area contributed by atoms with Gasteiger partial charge in [-0.1, -0.05) is 12.1 Å². The number of aromatic nitrogens is 1. The van der Waals surface area contributed by atoms with Crippen molar-refractivity contribution in [2.45, 2.75) is 20.0 Å². The lowest BCUT2D eigenvalue weighted by atomic mass is 10.1. The number of hydrogen-bond donors (Lipinski definition) is 2. The monoisotopic (exact) mass is 286 g/mol. The molecule has 0 aliphatic rings. The summed E-state index contributed by atoms with van der Waals surface area (Å²) in [5.74, 6) is 0.589. The Morgan fingerprint density at radius 1 is 1.38 bits per heavy atom. The molecule has 5 nitrogen and oxygen atoms in total. The molecule has 0 spiro atoms. The van der Waals surface area contributed by atoms with Gasteiger partial charge >= 0.3 is 0 Å². The second-order valence-electron chi connectivity index (χ2n) is 4.50. The predicted octanol–water partition coefficient (Wildman–Crippen LogP) is 2.15. The molecule has 0 aliphatic heterocycles. The van der Waals surface area contributed by atoms with Crippen LogP contribution in [0.3, 0.4) is 0 Å². The van der Waals surface area contributed by atoms with Crippen molar-refractivity contribution in [1.29, 1.82) is 0 Å². The van der Waals surface area contributed by atoms with Gasteiger partial charge in [0.1, 0.15) is 5.75 Å². The number of nitrogens with one attached hydrogen (secondary N) is 1. The van der Waals surface area contributed by atoms with Gasteiger partial charge in [-0.3, -0.25) is 9.78 Å². The minimum absolute atomic E-state index is 0.141. The van der Waals surface area contributed by atoms with Gasteiger partial charge < -0.3 is 15.2 Å². The van der Waals surface area contributed by atoms with Crippen molar-refractivity contribution in [2.24, 2.45) is 0 Å². The molecular weight excluding hydrogens is 268 g/mol. The van der Waals surface area contributed by atoms with Gasteiger partial charge in [0.05, 0.1) is 31.5 Å². The van der Waals surface area contributed by atoms with Gasteiger partial charge in [-0.25, -0.2) is 0 Å². The summed E-state index contributed by atoms with van der Waals surface area (Å²) in [5.41, 5.74) is 2.04. The highest BCUT2D eigenvalue weighted by molar-refractivity contribution is 5.92. The fourth-order valence-corrected chi connectivity index (χ4v) is 1.97. The van der Waals surface area contributed by atoms with Crippen LogP contribution in [0.5, 0.6) is 5.75 Å². The number of rotatable bonds is 6. The lowest BCUT2D eigenvalue weighted by Gasteiger charge is -2.09. The van der Waals surface area contributed by atoms with Gasteiger partial charge in [0.2, 0.25) is 5.91 Å². The number of ether oxygens (including phenoxy) is 1. The number of anilines is 1. The molecule has 21 heavy (non-hydrogen) atoms. The molecule has 1 amide bonds. The zero-order valence-corrected chi connectivity index (χ0v) is 11.9. The Bertz CT molecular complexity index is 614. The molecule has 0 bridgehead atoms. The SMILES string of the molecule is CCOc1cccc(CC(=O)Nc2cnccc2CO)c1. The van der Waals surface area contributed by atoms with Crippen LogP contribution in [0.4, 0.5) is 5.69 Å². The smallest absolute Gasteiger partial charge is 0.228 e. The summed E-state index contributed by atoms with van der Waals surface area (Å²) in [6, 6.07) is 9.11.